The van der Waals surface area contributed by atoms with E-state index in [1.807, 2.05) is 6.07 Å². The van der Waals surface area contributed by atoms with Gasteiger partial charge in [0.05, 0.1) is 27.5 Å². The van der Waals surface area contributed by atoms with Crippen molar-refractivity contribution < 1.29 is 13.2 Å². The molecule has 0 spiro atoms. The monoisotopic (exact) mass is 343 g/mol. The average molecular weight is 343 g/mol. The van der Waals surface area contributed by atoms with Gasteiger partial charge >= 0.3 is 0 Å². The average Bonchev–Trinajstić information content (AvgIpc) is 2.61. The highest BCUT2D eigenvalue weighted by molar-refractivity contribution is 7.91. The standard InChI is InChI=1S/C17H17N3O3S/c1-2-16(19)17(21)20-13-6-4-8-15(10-13)24(22,23)14-7-3-5-12(9-14)11-18/h3-10,16H,2,19H2,1H3,(H,20,21). The maximum atomic E-state index is 12.7. The van der Waals surface area contributed by atoms with Gasteiger partial charge in [-0.1, -0.05) is 19.1 Å². The summed E-state index contributed by atoms with van der Waals surface area (Å²) in [4.78, 5) is 11.9. The Labute approximate surface area is 140 Å². The molecule has 24 heavy (non-hydrogen) atoms. The summed E-state index contributed by atoms with van der Waals surface area (Å²) in [5.41, 5.74) is 6.26. The molecule has 0 bridgehead atoms. The topological polar surface area (TPSA) is 113 Å². The zero-order valence-electron chi connectivity index (χ0n) is 13.1. The van der Waals surface area contributed by atoms with E-state index in [2.05, 4.69) is 5.32 Å². The number of rotatable bonds is 5. The van der Waals surface area contributed by atoms with Gasteiger partial charge in [0.25, 0.3) is 0 Å². The van der Waals surface area contributed by atoms with E-state index in [-0.39, 0.29) is 21.3 Å². The van der Waals surface area contributed by atoms with E-state index in [1.54, 1.807) is 13.0 Å². The summed E-state index contributed by atoms with van der Waals surface area (Å²) in [6.07, 6.45) is 0.477. The van der Waals surface area contributed by atoms with Crippen LogP contribution in [0.1, 0.15) is 18.9 Å². The van der Waals surface area contributed by atoms with E-state index in [0.717, 1.165) is 0 Å². The van der Waals surface area contributed by atoms with Crippen molar-refractivity contribution in [3.63, 3.8) is 0 Å². The van der Waals surface area contributed by atoms with Crippen LogP contribution in [0.25, 0.3) is 0 Å². The van der Waals surface area contributed by atoms with Gasteiger partial charge < -0.3 is 11.1 Å². The summed E-state index contributed by atoms with van der Waals surface area (Å²) in [5, 5.41) is 11.5. The minimum Gasteiger partial charge on any atom is -0.325 e. The van der Waals surface area contributed by atoms with Gasteiger partial charge in [0.1, 0.15) is 0 Å². The second-order valence-electron chi connectivity index (χ2n) is 5.17. The maximum absolute atomic E-state index is 12.7. The van der Waals surface area contributed by atoms with Crippen molar-refractivity contribution in [1.29, 1.82) is 5.26 Å². The Balaban J connectivity index is 2.36. The lowest BCUT2D eigenvalue weighted by molar-refractivity contribution is -0.117. The van der Waals surface area contributed by atoms with Crippen LogP contribution < -0.4 is 11.1 Å². The molecule has 0 aliphatic carbocycles. The van der Waals surface area contributed by atoms with Crippen LogP contribution in [0.2, 0.25) is 0 Å². The SMILES string of the molecule is CCC(N)C(=O)Nc1cccc(S(=O)(=O)c2cccc(C#N)c2)c1. The third kappa shape index (κ3) is 3.79. The molecule has 0 aliphatic rings. The first-order valence-electron chi connectivity index (χ1n) is 7.30. The molecule has 0 heterocycles. The fourth-order valence-electron chi connectivity index (χ4n) is 2.03. The summed E-state index contributed by atoms with van der Waals surface area (Å²) in [6.45, 7) is 1.79. The summed E-state index contributed by atoms with van der Waals surface area (Å²) >= 11 is 0. The number of hydrogen-bond donors (Lipinski definition) is 2. The molecule has 0 aliphatic heterocycles. The molecule has 0 radical (unpaired) electrons. The minimum atomic E-state index is -3.79. The molecule has 0 saturated carbocycles. The Kier molecular flexibility index (Phi) is 5.34. The first-order valence-corrected chi connectivity index (χ1v) is 8.78. The number of hydrogen-bond acceptors (Lipinski definition) is 5. The first-order chi connectivity index (χ1) is 11.4. The number of sulfone groups is 1. The molecule has 1 unspecified atom stereocenters. The lowest BCUT2D eigenvalue weighted by atomic mass is 10.2. The number of carbonyl (C=O) groups excluding carboxylic acids is 1. The molecular weight excluding hydrogens is 326 g/mol. The van der Waals surface area contributed by atoms with Crippen LogP contribution in [-0.4, -0.2) is 20.4 Å². The molecule has 124 valence electrons. The van der Waals surface area contributed by atoms with Gasteiger partial charge in [0.2, 0.25) is 15.7 Å². The normalized spacial score (nSPS) is 12.2. The number of anilines is 1. The third-order valence-corrected chi connectivity index (χ3v) is 5.21. The number of nitrogens with zero attached hydrogens (tertiary/aromatic N) is 1. The predicted octanol–water partition coefficient (Wildman–Crippen LogP) is 2.07. The summed E-state index contributed by atoms with van der Waals surface area (Å²) in [5.74, 6) is -0.376. The lowest BCUT2D eigenvalue weighted by Gasteiger charge is -2.11. The van der Waals surface area contributed by atoms with Crippen molar-refractivity contribution in [2.75, 3.05) is 5.32 Å². The quantitative estimate of drug-likeness (QED) is 0.863. The second kappa shape index (κ2) is 7.25. The Bertz CT molecular complexity index is 901. The molecule has 1 amide bonds. The Morgan fingerprint density at radius 3 is 2.46 bits per heavy atom. The molecule has 2 aromatic rings. The molecule has 2 aromatic carbocycles. The van der Waals surface area contributed by atoms with Crippen LogP contribution in [0.4, 0.5) is 5.69 Å². The predicted molar refractivity (Wildman–Crippen MR) is 89.9 cm³/mol. The molecule has 6 nitrogen and oxygen atoms in total. The number of amides is 1. The molecule has 1 atom stereocenters. The fourth-order valence-corrected chi connectivity index (χ4v) is 3.38. The van der Waals surface area contributed by atoms with Gasteiger partial charge in [-0.15, -0.1) is 0 Å². The third-order valence-electron chi connectivity index (χ3n) is 3.46. The van der Waals surface area contributed by atoms with Gasteiger partial charge in [-0.2, -0.15) is 5.26 Å². The fraction of sp³-hybridized carbons (Fsp3) is 0.176. The highest BCUT2D eigenvalue weighted by Gasteiger charge is 2.19. The summed E-state index contributed by atoms with van der Waals surface area (Å²) in [6, 6.07) is 13.0. The Hall–Kier alpha value is -2.69. The van der Waals surface area contributed by atoms with E-state index >= 15 is 0 Å². The van der Waals surface area contributed by atoms with Gasteiger partial charge in [0.15, 0.2) is 0 Å². The van der Waals surface area contributed by atoms with Crippen molar-refractivity contribution >= 4 is 21.4 Å². The molecular formula is C17H17N3O3S. The van der Waals surface area contributed by atoms with E-state index in [4.69, 9.17) is 11.0 Å². The van der Waals surface area contributed by atoms with Crippen LogP contribution in [0, 0.1) is 11.3 Å². The Morgan fingerprint density at radius 2 is 1.83 bits per heavy atom. The number of nitrogens with one attached hydrogen (secondary N) is 1. The van der Waals surface area contributed by atoms with Gasteiger partial charge in [-0.25, -0.2) is 8.42 Å². The molecule has 2 rings (SSSR count). The molecule has 3 N–H and O–H groups in total. The van der Waals surface area contributed by atoms with Crippen LogP contribution in [0.5, 0.6) is 0 Å². The highest BCUT2D eigenvalue weighted by Crippen LogP contribution is 2.24. The number of carbonyl (C=O) groups is 1. The van der Waals surface area contributed by atoms with E-state index in [1.165, 1.54) is 42.5 Å². The van der Waals surface area contributed by atoms with Crippen molar-refractivity contribution in [3.05, 3.63) is 54.1 Å². The van der Waals surface area contributed by atoms with Crippen LogP contribution in [-0.2, 0) is 14.6 Å². The van der Waals surface area contributed by atoms with Crippen molar-refractivity contribution in [2.24, 2.45) is 5.73 Å². The second-order valence-corrected chi connectivity index (χ2v) is 7.12. The molecule has 0 aromatic heterocycles. The number of nitrogens with two attached hydrogens (primary N) is 1. The van der Waals surface area contributed by atoms with Gasteiger partial charge in [-0.3, -0.25) is 4.79 Å². The van der Waals surface area contributed by atoms with Crippen molar-refractivity contribution in [3.8, 4) is 6.07 Å². The number of nitriles is 1. The lowest BCUT2D eigenvalue weighted by Crippen LogP contribution is -2.34. The van der Waals surface area contributed by atoms with Crippen LogP contribution in [0.15, 0.2) is 58.3 Å². The van der Waals surface area contributed by atoms with Crippen molar-refractivity contribution in [1.82, 2.24) is 0 Å². The largest absolute Gasteiger partial charge is 0.325 e. The van der Waals surface area contributed by atoms with Gasteiger partial charge in [0, 0.05) is 5.69 Å². The first kappa shape index (κ1) is 17.7. The molecule has 0 saturated heterocycles. The summed E-state index contributed by atoms with van der Waals surface area (Å²) in [7, 11) is -3.79. The van der Waals surface area contributed by atoms with Crippen LogP contribution >= 0.6 is 0 Å². The smallest absolute Gasteiger partial charge is 0.241 e. The minimum absolute atomic E-state index is 0.0234. The highest BCUT2D eigenvalue weighted by atomic mass is 32.2. The maximum Gasteiger partial charge on any atom is 0.241 e. The van der Waals surface area contributed by atoms with Crippen molar-refractivity contribution in [2.45, 2.75) is 29.2 Å². The van der Waals surface area contributed by atoms with E-state index < -0.39 is 15.9 Å². The molecule has 7 heteroatoms. The zero-order valence-corrected chi connectivity index (χ0v) is 13.9. The van der Waals surface area contributed by atoms with Gasteiger partial charge in [-0.05, 0) is 42.8 Å². The van der Waals surface area contributed by atoms with E-state index in [0.29, 0.717) is 12.1 Å². The Morgan fingerprint density at radius 1 is 1.21 bits per heavy atom. The summed E-state index contributed by atoms with van der Waals surface area (Å²) < 4.78 is 25.4. The van der Waals surface area contributed by atoms with Crippen LogP contribution in [0.3, 0.4) is 0 Å². The molecule has 0 fully saturated rings. The zero-order chi connectivity index (χ0) is 17.7. The number of benzene rings is 2. The van der Waals surface area contributed by atoms with E-state index in [9.17, 15) is 13.2 Å².